The molecule has 2 heteroatoms. The van der Waals surface area contributed by atoms with Crippen LogP contribution in [0.1, 0.15) is 47.2 Å². The van der Waals surface area contributed by atoms with Gasteiger partial charge in [-0.3, -0.25) is 9.69 Å². The standard InChI is InChI=1S/C26H27NO/c1-18-11-14-25(24-10-6-5-9-23(18)24)26(28)20-15-21-12-13-22(16-20)27(21)17-19-7-3-2-4-8-19/h2-11,14,20-22H,12-13,15-17H2,1H3. The Kier molecular flexibility index (Phi) is 4.52. The minimum absolute atomic E-state index is 0.163. The number of ketones is 1. The molecule has 0 amide bonds. The number of rotatable bonds is 4. The molecular weight excluding hydrogens is 342 g/mol. The molecule has 2 atom stereocenters. The second-order valence-corrected chi connectivity index (χ2v) is 8.55. The fraction of sp³-hybridized carbons (Fsp3) is 0.346. The zero-order chi connectivity index (χ0) is 19.1. The summed E-state index contributed by atoms with van der Waals surface area (Å²) >= 11 is 0. The number of Topliss-reactive ketones (excluding diaryl/α,β-unsaturated/α-hetero) is 1. The van der Waals surface area contributed by atoms with E-state index < -0.39 is 0 Å². The molecule has 2 bridgehead atoms. The van der Waals surface area contributed by atoms with Gasteiger partial charge < -0.3 is 0 Å². The molecule has 5 rings (SSSR count). The Morgan fingerprint density at radius 3 is 2.21 bits per heavy atom. The van der Waals surface area contributed by atoms with E-state index in [0.29, 0.717) is 17.9 Å². The van der Waals surface area contributed by atoms with E-state index in [2.05, 4.69) is 72.5 Å². The molecule has 2 unspecified atom stereocenters. The van der Waals surface area contributed by atoms with Gasteiger partial charge in [-0.1, -0.05) is 66.7 Å². The van der Waals surface area contributed by atoms with Gasteiger partial charge in [0.2, 0.25) is 0 Å². The Bertz CT molecular complexity index is 995. The molecule has 0 saturated carbocycles. The highest BCUT2D eigenvalue weighted by Crippen LogP contribution is 2.41. The van der Waals surface area contributed by atoms with Gasteiger partial charge in [-0.15, -0.1) is 0 Å². The minimum atomic E-state index is 0.163. The topological polar surface area (TPSA) is 20.3 Å². The van der Waals surface area contributed by atoms with Crippen molar-refractivity contribution in [1.29, 1.82) is 0 Å². The third-order valence-electron chi connectivity index (χ3n) is 6.87. The van der Waals surface area contributed by atoms with Crippen molar-refractivity contribution < 1.29 is 4.79 Å². The molecule has 0 radical (unpaired) electrons. The summed E-state index contributed by atoms with van der Waals surface area (Å²) in [6.07, 6.45) is 4.47. The Labute approximate surface area is 167 Å². The lowest BCUT2D eigenvalue weighted by Gasteiger charge is -2.38. The Morgan fingerprint density at radius 2 is 1.50 bits per heavy atom. The number of hydrogen-bond donors (Lipinski definition) is 0. The van der Waals surface area contributed by atoms with Gasteiger partial charge in [-0.05, 0) is 54.5 Å². The lowest BCUT2D eigenvalue weighted by atomic mass is 9.83. The first-order valence-corrected chi connectivity index (χ1v) is 10.5. The van der Waals surface area contributed by atoms with Crippen LogP contribution in [-0.2, 0) is 6.54 Å². The lowest BCUT2D eigenvalue weighted by molar-refractivity contribution is 0.0679. The quantitative estimate of drug-likeness (QED) is 0.544. The summed E-state index contributed by atoms with van der Waals surface area (Å²) < 4.78 is 0. The average molecular weight is 370 g/mol. The number of hydrogen-bond acceptors (Lipinski definition) is 2. The second kappa shape index (κ2) is 7.18. The number of aryl methyl sites for hydroxylation is 1. The highest BCUT2D eigenvalue weighted by atomic mass is 16.1. The SMILES string of the molecule is Cc1ccc(C(=O)C2CC3CCC(C2)N3Cc2ccccc2)c2ccccc12. The fourth-order valence-electron chi connectivity index (χ4n) is 5.43. The van der Waals surface area contributed by atoms with Crippen molar-refractivity contribution in [2.75, 3.05) is 0 Å². The van der Waals surface area contributed by atoms with E-state index in [4.69, 9.17) is 0 Å². The Hall–Kier alpha value is -2.45. The third kappa shape index (κ3) is 3.06. The molecule has 3 aromatic rings. The van der Waals surface area contributed by atoms with Gasteiger partial charge in [0.1, 0.15) is 0 Å². The van der Waals surface area contributed by atoms with E-state index in [0.717, 1.165) is 30.3 Å². The first-order chi connectivity index (χ1) is 13.7. The van der Waals surface area contributed by atoms with E-state index in [1.165, 1.54) is 29.4 Å². The largest absolute Gasteiger partial charge is 0.294 e. The van der Waals surface area contributed by atoms with Crippen LogP contribution in [-0.4, -0.2) is 22.8 Å². The molecule has 142 valence electrons. The van der Waals surface area contributed by atoms with Crippen molar-refractivity contribution in [2.45, 2.75) is 51.2 Å². The number of nitrogens with zero attached hydrogens (tertiary/aromatic N) is 1. The van der Waals surface area contributed by atoms with Crippen LogP contribution >= 0.6 is 0 Å². The minimum Gasteiger partial charge on any atom is -0.294 e. The Balaban J connectivity index is 1.38. The van der Waals surface area contributed by atoms with Gasteiger partial charge in [-0.2, -0.15) is 0 Å². The average Bonchev–Trinajstić information content (AvgIpc) is 2.96. The summed E-state index contributed by atoms with van der Waals surface area (Å²) in [4.78, 5) is 16.1. The van der Waals surface area contributed by atoms with Crippen molar-refractivity contribution in [2.24, 2.45) is 5.92 Å². The molecule has 0 N–H and O–H groups in total. The maximum atomic E-state index is 13.5. The van der Waals surface area contributed by atoms with Crippen LogP contribution in [0, 0.1) is 12.8 Å². The van der Waals surface area contributed by atoms with E-state index in [1.807, 2.05) is 6.07 Å². The molecule has 2 saturated heterocycles. The van der Waals surface area contributed by atoms with E-state index in [9.17, 15) is 4.79 Å². The molecule has 2 aliphatic heterocycles. The zero-order valence-electron chi connectivity index (χ0n) is 16.5. The van der Waals surface area contributed by atoms with Crippen LogP contribution in [0.5, 0.6) is 0 Å². The predicted octanol–water partition coefficient (Wildman–Crippen LogP) is 5.77. The van der Waals surface area contributed by atoms with Gasteiger partial charge in [0.25, 0.3) is 0 Å². The summed E-state index contributed by atoms with van der Waals surface area (Å²) in [6.45, 7) is 3.14. The highest BCUT2D eigenvalue weighted by molar-refractivity contribution is 6.09. The van der Waals surface area contributed by atoms with Crippen LogP contribution < -0.4 is 0 Å². The summed E-state index contributed by atoms with van der Waals surface area (Å²) in [7, 11) is 0. The van der Waals surface area contributed by atoms with Gasteiger partial charge in [0.05, 0.1) is 0 Å². The molecule has 0 aliphatic carbocycles. The zero-order valence-corrected chi connectivity index (χ0v) is 16.5. The van der Waals surface area contributed by atoms with E-state index in [-0.39, 0.29) is 5.92 Å². The summed E-state index contributed by atoms with van der Waals surface area (Å²) in [5, 5.41) is 2.32. The smallest absolute Gasteiger partial charge is 0.166 e. The molecule has 2 aliphatic rings. The van der Waals surface area contributed by atoms with Gasteiger partial charge in [0, 0.05) is 30.1 Å². The monoisotopic (exact) mass is 369 g/mol. The molecule has 0 aromatic heterocycles. The van der Waals surface area contributed by atoms with Crippen LogP contribution in [0.25, 0.3) is 10.8 Å². The Morgan fingerprint density at radius 1 is 0.857 bits per heavy atom. The molecule has 2 fully saturated rings. The van der Waals surface area contributed by atoms with Gasteiger partial charge in [0.15, 0.2) is 5.78 Å². The number of carbonyl (C=O) groups excluding carboxylic acids is 1. The van der Waals surface area contributed by atoms with Crippen LogP contribution in [0.3, 0.4) is 0 Å². The first-order valence-electron chi connectivity index (χ1n) is 10.5. The number of benzene rings is 3. The van der Waals surface area contributed by atoms with Gasteiger partial charge >= 0.3 is 0 Å². The van der Waals surface area contributed by atoms with Crippen LogP contribution in [0.15, 0.2) is 66.7 Å². The fourth-order valence-corrected chi connectivity index (χ4v) is 5.43. The summed E-state index contributed by atoms with van der Waals surface area (Å²) in [6, 6.07) is 24.4. The van der Waals surface area contributed by atoms with Gasteiger partial charge in [-0.25, -0.2) is 0 Å². The normalized spacial score (nSPS) is 24.5. The van der Waals surface area contributed by atoms with Crippen LogP contribution in [0.4, 0.5) is 0 Å². The van der Waals surface area contributed by atoms with E-state index >= 15 is 0 Å². The van der Waals surface area contributed by atoms with Crippen LogP contribution in [0.2, 0.25) is 0 Å². The lowest BCUT2D eigenvalue weighted by Crippen LogP contribution is -2.44. The maximum absolute atomic E-state index is 13.5. The van der Waals surface area contributed by atoms with Crippen molar-refractivity contribution in [3.05, 3.63) is 83.4 Å². The second-order valence-electron chi connectivity index (χ2n) is 8.55. The highest BCUT2D eigenvalue weighted by Gasteiger charge is 2.42. The molecular formula is C26H27NO. The van der Waals surface area contributed by atoms with E-state index in [1.54, 1.807) is 0 Å². The maximum Gasteiger partial charge on any atom is 0.166 e. The summed E-state index contributed by atoms with van der Waals surface area (Å²) in [5.74, 6) is 0.517. The molecule has 2 heterocycles. The van der Waals surface area contributed by atoms with Crippen molar-refractivity contribution in [3.8, 4) is 0 Å². The number of carbonyl (C=O) groups is 1. The predicted molar refractivity (Wildman–Crippen MR) is 115 cm³/mol. The number of fused-ring (bicyclic) bond motifs is 3. The van der Waals surface area contributed by atoms with Crippen molar-refractivity contribution in [1.82, 2.24) is 4.90 Å². The molecule has 2 nitrogen and oxygen atoms in total. The summed E-state index contributed by atoms with van der Waals surface area (Å²) in [5.41, 5.74) is 3.54. The third-order valence-corrected chi connectivity index (χ3v) is 6.87. The number of piperidine rings is 1. The molecule has 3 aromatic carbocycles. The molecule has 28 heavy (non-hydrogen) atoms. The molecule has 0 spiro atoms. The van der Waals surface area contributed by atoms with Crippen molar-refractivity contribution in [3.63, 3.8) is 0 Å². The first kappa shape index (κ1) is 17.6. The van der Waals surface area contributed by atoms with Crippen molar-refractivity contribution >= 4 is 16.6 Å².